The molecule has 0 spiro atoms. The van der Waals surface area contributed by atoms with Crippen LogP contribution in [0.15, 0.2) is 36.9 Å². The molecule has 0 aliphatic carbocycles. The van der Waals surface area contributed by atoms with Gasteiger partial charge in [-0.1, -0.05) is 39.3 Å². The molecule has 13 heteroatoms. The number of halogens is 1. The Labute approximate surface area is 198 Å². The van der Waals surface area contributed by atoms with Crippen molar-refractivity contribution in [2.75, 3.05) is 23.6 Å². The van der Waals surface area contributed by atoms with Gasteiger partial charge in [0.2, 0.25) is 0 Å². The number of hydrogen-bond donors (Lipinski definition) is 1. The average Bonchev–Trinajstić information content (AvgIpc) is 3.17. The lowest BCUT2D eigenvalue weighted by molar-refractivity contribution is 0.0678. The third kappa shape index (κ3) is 6.09. The van der Waals surface area contributed by atoms with Gasteiger partial charge in [0.15, 0.2) is 17.8 Å². The van der Waals surface area contributed by atoms with Gasteiger partial charge in [-0.05, 0) is 31.5 Å². The van der Waals surface area contributed by atoms with Gasteiger partial charge < -0.3 is 19.6 Å². The van der Waals surface area contributed by atoms with E-state index in [2.05, 4.69) is 15.0 Å². The molecule has 3 atom stereocenters. The van der Waals surface area contributed by atoms with Crippen molar-refractivity contribution < 1.29 is 18.3 Å². The van der Waals surface area contributed by atoms with Crippen molar-refractivity contribution in [2.45, 2.75) is 32.1 Å². The van der Waals surface area contributed by atoms with Crippen molar-refractivity contribution in [1.29, 1.82) is 0 Å². The van der Waals surface area contributed by atoms with Gasteiger partial charge in [0.05, 0.1) is 25.1 Å². The first-order chi connectivity index (χ1) is 15.4. The molecule has 1 fully saturated rings. The molecule has 0 amide bonds. The predicted octanol–water partition coefficient (Wildman–Crippen LogP) is 4.87. The lowest BCUT2D eigenvalue weighted by Gasteiger charge is -2.27. The van der Waals surface area contributed by atoms with Crippen LogP contribution in [0.4, 0.5) is 5.82 Å². The largest absolute Gasteiger partial charge is 0.423 e. The van der Waals surface area contributed by atoms with Gasteiger partial charge in [0, 0.05) is 16.5 Å². The SMILES string of the molecule is CC(Cn1cnc2c(N)ncnc21)OCP(=O)(Oc1cccc(Cl)c1)OC1CCSSC1. The van der Waals surface area contributed by atoms with Gasteiger partial charge >= 0.3 is 7.60 Å². The van der Waals surface area contributed by atoms with Crippen LogP contribution in [0.1, 0.15) is 13.3 Å². The van der Waals surface area contributed by atoms with E-state index in [1.807, 2.05) is 11.5 Å². The van der Waals surface area contributed by atoms with E-state index in [1.165, 1.54) is 6.33 Å². The molecule has 1 aliphatic heterocycles. The third-order valence-electron chi connectivity index (χ3n) is 4.61. The Kier molecular flexibility index (Phi) is 7.86. The second-order valence-electron chi connectivity index (χ2n) is 7.22. The number of aromatic nitrogens is 4. The molecular formula is C19H23ClN5O4PS2. The van der Waals surface area contributed by atoms with Gasteiger partial charge in [-0.15, -0.1) is 0 Å². The van der Waals surface area contributed by atoms with Gasteiger partial charge in [0.25, 0.3) is 0 Å². The molecular weight excluding hydrogens is 493 g/mol. The van der Waals surface area contributed by atoms with Gasteiger partial charge in [-0.2, -0.15) is 0 Å². The molecule has 2 aromatic heterocycles. The number of anilines is 1. The highest BCUT2D eigenvalue weighted by molar-refractivity contribution is 8.76. The molecule has 0 bridgehead atoms. The highest BCUT2D eigenvalue weighted by Gasteiger charge is 2.33. The summed E-state index contributed by atoms with van der Waals surface area (Å²) < 4.78 is 33.2. The maximum absolute atomic E-state index is 13.6. The van der Waals surface area contributed by atoms with E-state index in [-0.39, 0.29) is 18.6 Å². The van der Waals surface area contributed by atoms with E-state index >= 15 is 0 Å². The minimum absolute atomic E-state index is 0.164. The highest BCUT2D eigenvalue weighted by Crippen LogP contribution is 2.51. The summed E-state index contributed by atoms with van der Waals surface area (Å²) >= 11 is 6.06. The number of hydrogen-bond acceptors (Lipinski definition) is 10. The summed E-state index contributed by atoms with van der Waals surface area (Å²) in [6.45, 7) is 2.30. The molecule has 1 aromatic carbocycles. The monoisotopic (exact) mass is 515 g/mol. The number of benzene rings is 1. The Morgan fingerprint density at radius 2 is 2.22 bits per heavy atom. The minimum Gasteiger partial charge on any atom is -0.423 e. The van der Waals surface area contributed by atoms with Gasteiger partial charge in [0.1, 0.15) is 17.6 Å². The van der Waals surface area contributed by atoms with E-state index < -0.39 is 7.60 Å². The van der Waals surface area contributed by atoms with Crippen LogP contribution < -0.4 is 10.3 Å². The van der Waals surface area contributed by atoms with E-state index in [0.29, 0.717) is 34.3 Å². The van der Waals surface area contributed by atoms with Crippen molar-refractivity contribution in [1.82, 2.24) is 19.5 Å². The summed E-state index contributed by atoms with van der Waals surface area (Å²) in [5.41, 5.74) is 6.99. The number of imidazole rings is 1. The minimum atomic E-state index is -3.60. The summed E-state index contributed by atoms with van der Waals surface area (Å²) in [6.07, 6.45) is 3.15. The first-order valence-electron chi connectivity index (χ1n) is 9.92. The van der Waals surface area contributed by atoms with Crippen LogP contribution in [0.2, 0.25) is 5.02 Å². The number of rotatable bonds is 9. The van der Waals surface area contributed by atoms with Crippen LogP contribution in [0, 0.1) is 0 Å². The Hall–Kier alpha value is -1.49. The molecule has 3 aromatic rings. The summed E-state index contributed by atoms with van der Waals surface area (Å²) in [5, 5.41) is 0.487. The smallest absolute Gasteiger partial charge is 0.405 e. The van der Waals surface area contributed by atoms with Crippen molar-refractivity contribution in [3.8, 4) is 5.75 Å². The summed E-state index contributed by atoms with van der Waals surface area (Å²) in [4.78, 5) is 12.4. The average molecular weight is 516 g/mol. The topological polar surface area (TPSA) is 114 Å². The Bertz CT molecular complexity index is 1110. The van der Waals surface area contributed by atoms with Crippen LogP contribution in [0.5, 0.6) is 5.75 Å². The van der Waals surface area contributed by atoms with Crippen molar-refractivity contribution in [3.63, 3.8) is 0 Å². The molecule has 32 heavy (non-hydrogen) atoms. The van der Waals surface area contributed by atoms with Crippen molar-refractivity contribution in [2.24, 2.45) is 0 Å². The normalized spacial score (nSPS) is 19.5. The molecule has 9 nitrogen and oxygen atoms in total. The van der Waals surface area contributed by atoms with Crippen molar-refractivity contribution in [3.05, 3.63) is 41.9 Å². The Morgan fingerprint density at radius 3 is 3.00 bits per heavy atom. The van der Waals surface area contributed by atoms with Crippen LogP contribution in [0.25, 0.3) is 11.2 Å². The second kappa shape index (κ2) is 10.6. The summed E-state index contributed by atoms with van der Waals surface area (Å²) in [7, 11) is -0.119. The lowest BCUT2D eigenvalue weighted by Crippen LogP contribution is -2.23. The van der Waals surface area contributed by atoms with Crippen LogP contribution in [-0.4, -0.2) is 49.6 Å². The molecule has 3 heterocycles. The number of nitrogen functional groups attached to an aromatic ring is 1. The maximum atomic E-state index is 13.6. The van der Waals surface area contributed by atoms with E-state index in [4.69, 9.17) is 31.1 Å². The quantitative estimate of drug-likeness (QED) is 0.312. The lowest BCUT2D eigenvalue weighted by atomic mass is 10.3. The predicted molar refractivity (Wildman–Crippen MR) is 129 cm³/mol. The summed E-state index contributed by atoms with van der Waals surface area (Å²) in [6, 6.07) is 6.75. The molecule has 0 saturated carbocycles. The molecule has 1 aliphatic rings. The number of ether oxygens (including phenoxy) is 1. The molecule has 4 rings (SSSR count). The van der Waals surface area contributed by atoms with Gasteiger partial charge in [-0.25, -0.2) is 19.5 Å². The fourth-order valence-corrected chi connectivity index (χ4v) is 7.39. The van der Waals surface area contributed by atoms with E-state index in [1.54, 1.807) is 52.2 Å². The van der Waals surface area contributed by atoms with Crippen LogP contribution in [0.3, 0.4) is 0 Å². The van der Waals surface area contributed by atoms with Gasteiger partial charge in [-0.3, -0.25) is 4.52 Å². The molecule has 1 saturated heterocycles. The van der Waals surface area contributed by atoms with E-state index in [0.717, 1.165) is 17.9 Å². The zero-order valence-electron chi connectivity index (χ0n) is 17.3. The van der Waals surface area contributed by atoms with Crippen LogP contribution in [-0.2, 0) is 20.4 Å². The molecule has 0 radical (unpaired) electrons. The highest BCUT2D eigenvalue weighted by atomic mass is 35.5. The Morgan fingerprint density at radius 1 is 1.34 bits per heavy atom. The standard InChI is InChI=1S/C19H23ClN5O4PS2/c1-13(8-25-11-24-17-18(21)22-10-23-19(17)25)27-12-30(26,29-16-5-6-31-32-9-16)28-15-4-2-3-14(20)7-15/h2-4,7,10-11,13,16H,5-6,8-9,12H2,1H3,(H2,21,22,23). The third-order valence-corrected chi connectivity index (χ3v) is 8.91. The molecule has 172 valence electrons. The first kappa shape index (κ1) is 23.7. The second-order valence-corrected chi connectivity index (χ2v) is 12.2. The zero-order chi connectivity index (χ0) is 22.6. The maximum Gasteiger partial charge on any atom is 0.405 e. The fraction of sp³-hybridized carbons (Fsp3) is 0.421. The summed E-state index contributed by atoms with van der Waals surface area (Å²) in [5.74, 6) is 2.37. The van der Waals surface area contributed by atoms with Crippen molar-refractivity contribution >= 4 is 57.8 Å². The Balaban J connectivity index is 1.44. The first-order valence-corrected chi connectivity index (χ1v) is 14.5. The molecule has 2 N–H and O–H groups in total. The number of nitrogens with zero attached hydrogens (tertiary/aromatic N) is 4. The number of nitrogens with two attached hydrogens (primary N) is 1. The zero-order valence-corrected chi connectivity index (χ0v) is 20.6. The number of fused-ring (bicyclic) bond motifs is 1. The van der Waals surface area contributed by atoms with E-state index in [9.17, 15) is 4.57 Å². The van der Waals surface area contributed by atoms with Crippen LogP contribution >= 0.6 is 40.8 Å². The molecule has 3 unspecified atom stereocenters. The fourth-order valence-electron chi connectivity index (χ4n) is 3.10.